The van der Waals surface area contributed by atoms with Crippen molar-refractivity contribution >= 4 is 11.9 Å². The van der Waals surface area contributed by atoms with E-state index in [4.69, 9.17) is 4.74 Å². The third-order valence-electron chi connectivity index (χ3n) is 2.77. The second-order valence-corrected chi connectivity index (χ2v) is 4.18. The molecule has 0 bridgehead atoms. The molecule has 0 aliphatic rings. The van der Waals surface area contributed by atoms with Gasteiger partial charge in [0, 0.05) is 0 Å². The Kier molecular flexibility index (Phi) is 6.02. The van der Waals surface area contributed by atoms with Crippen molar-refractivity contribution in [3.63, 3.8) is 0 Å². The average Bonchev–Trinajstić information content (AvgIpc) is 2.45. The summed E-state index contributed by atoms with van der Waals surface area (Å²) in [5.74, 6) is -0.818. The van der Waals surface area contributed by atoms with Gasteiger partial charge in [0.2, 0.25) is 0 Å². The number of hydrogen-bond donors (Lipinski definition) is 1. The summed E-state index contributed by atoms with van der Waals surface area (Å²) in [6.07, 6.45) is 0.453. The van der Waals surface area contributed by atoms with Crippen molar-refractivity contribution in [1.29, 1.82) is 0 Å². The quantitative estimate of drug-likeness (QED) is 0.775. The third kappa shape index (κ3) is 4.71. The van der Waals surface area contributed by atoms with E-state index in [0.29, 0.717) is 6.42 Å². The first-order valence-electron chi connectivity index (χ1n) is 6.04. The number of rotatable bonds is 6. The van der Waals surface area contributed by atoms with Gasteiger partial charge < -0.3 is 9.47 Å². The van der Waals surface area contributed by atoms with Crippen LogP contribution in [0.25, 0.3) is 0 Å². The SMILES string of the molecule is COC(=O)[C@H](Cc1ccccc1)N[C@H](C)C(=O)OC. The molecule has 1 N–H and O–H groups in total. The first-order valence-corrected chi connectivity index (χ1v) is 6.04. The van der Waals surface area contributed by atoms with Gasteiger partial charge in [0.1, 0.15) is 12.1 Å². The fourth-order valence-corrected chi connectivity index (χ4v) is 1.75. The van der Waals surface area contributed by atoms with Crippen LogP contribution in [-0.4, -0.2) is 38.2 Å². The Morgan fingerprint density at radius 3 is 2.21 bits per heavy atom. The zero-order valence-electron chi connectivity index (χ0n) is 11.4. The predicted octanol–water partition coefficient (Wildman–Crippen LogP) is 0.922. The van der Waals surface area contributed by atoms with Crippen LogP contribution in [0.4, 0.5) is 0 Å². The van der Waals surface area contributed by atoms with Crippen molar-refractivity contribution in [2.45, 2.75) is 25.4 Å². The summed E-state index contributed by atoms with van der Waals surface area (Å²) in [5, 5.41) is 2.92. The van der Waals surface area contributed by atoms with Crippen LogP contribution in [0.2, 0.25) is 0 Å². The third-order valence-corrected chi connectivity index (χ3v) is 2.77. The molecule has 104 valence electrons. The highest BCUT2D eigenvalue weighted by Crippen LogP contribution is 2.05. The van der Waals surface area contributed by atoms with E-state index in [2.05, 4.69) is 10.1 Å². The maximum atomic E-state index is 11.7. The van der Waals surface area contributed by atoms with Crippen LogP contribution in [0.1, 0.15) is 12.5 Å². The Hall–Kier alpha value is -1.88. The molecule has 0 radical (unpaired) electrons. The maximum Gasteiger partial charge on any atom is 0.323 e. The summed E-state index contributed by atoms with van der Waals surface area (Å²) in [6, 6.07) is 8.38. The molecule has 0 heterocycles. The molecule has 0 fully saturated rings. The molecule has 1 aromatic rings. The number of carbonyl (C=O) groups is 2. The van der Waals surface area contributed by atoms with E-state index in [1.165, 1.54) is 14.2 Å². The lowest BCUT2D eigenvalue weighted by molar-refractivity contribution is -0.146. The second kappa shape index (κ2) is 7.53. The van der Waals surface area contributed by atoms with E-state index < -0.39 is 24.0 Å². The second-order valence-electron chi connectivity index (χ2n) is 4.18. The smallest absolute Gasteiger partial charge is 0.323 e. The summed E-state index contributed by atoms with van der Waals surface area (Å²) in [6.45, 7) is 1.65. The number of hydrogen-bond acceptors (Lipinski definition) is 5. The topological polar surface area (TPSA) is 64.6 Å². The van der Waals surface area contributed by atoms with Crippen molar-refractivity contribution < 1.29 is 19.1 Å². The van der Waals surface area contributed by atoms with E-state index in [-0.39, 0.29) is 0 Å². The fraction of sp³-hybridized carbons (Fsp3) is 0.429. The van der Waals surface area contributed by atoms with Gasteiger partial charge in [-0.05, 0) is 18.9 Å². The molecule has 0 amide bonds. The molecule has 0 aliphatic carbocycles. The van der Waals surface area contributed by atoms with Gasteiger partial charge in [-0.3, -0.25) is 14.9 Å². The normalized spacial score (nSPS) is 13.4. The van der Waals surface area contributed by atoms with Gasteiger partial charge in [-0.2, -0.15) is 0 Å². The number of nitrogens with one attached hydrogen (secondary N) is 1. The molecular formula is C14H19NO4. The molecular weight excluding hydrogens is 246 g/mol. The minimum absolute atomic E-state index is 0.403. The summed E-state index contributed by atoms with van der Waals surface area (Å²) in [4.78, 5) is 23.1. The van der Waals surface area contributed by atoms with Crippen LogP contribution < -0.4 is 5.32 Å². The van der Waals surface area contributed by atoms with Crippen LogP contribution in [0.3, 0.4) is 0 Å². The van der Waals surface area contributed by atoms with E-state index >= 15 is 0 Å². The van der Waals surface area contributed by atoms with Crippen molar-refractivity contribution in [2.75, 3.05) is 14.2 Å². The standard InChI is InChI=1S/C14H19NO4/c1-10(13(16)18-2)15-12(14(17)19-3)9-11-7-5-4-6-8-11/h4-8,10,12,15H,9H2,1-3H3/t10-,12+/m1/s1. The zero-order chi connectivity index (χ0) is 14.3. The van der Waals surface area contributed by atoms with E-state index in [0.717, 1.165) is 5.56 Å². The molecule has 0 saturated heterocycles. The lowest BCUT2D eigenvalue weighted by atomic mass is 10.1. The Labute approximate surface area is 112 Å². The van der Waals surface area contributed by atoms with Crippen LogP contribution >= 0.6 is 0 Å². The van der Waals surface area contributed by atoms with E-state index in [9.17, 15) is 9.59 Å². The van der Waals surface area contributed by atoms with Crippen molar-refractivity contribution in [1.82, 2.24) is 5.32 Å². The highest BCUT2D eigenvalue weighted by atomic mass is 16.5. The Morgan fingerprint density at radius 1 is 1.11 bits per heavy atom. The van der Waals surface area contributed by atoms with Crippen LogP contribution in [0.5, 0.6) is 0 Å². The maximum absolute atomic E-state index is 11.7. The molecule has 2 atom stereocenters. The van der Waals surface area contributed by atoms with Crippen molar-refractivity contribution in [3.8, 4) is 0 Å². The number of methoxy groups -OCH3 is 2. The lowest BCUT2D eigenvalue weighted by Crippen LogP contribution is -2.47. The summed E-state index contributed by atoms with van der Waals surface area (Å²) in [7, 11) is 2.63. The highest BCUT2D eigenvalue weighted by Gasteiger charge is 2.24. The zero-order valence-corrected chi connectivity index (χ0v) is 11.4. The summed E-state index contributed by atoms with van der Waals surface area (Å²) < 4.78 is 9.37. The van der Waals surface area contributed by atoms with Gasteiger partial charge in [-0.15, -0.1) is 0 Å². The Bertz CT molecular complexity index is 419. The predicted molar refractivity (Wildman–Crippen MR) is 70.6 cm³/mol. The van der Waals surface area contributed by atoms with Crippen molar-refractivity contribution in [2.24, 2.45) is 0 Å². The molecule has 0 saturated carbocycles. The van der Waals surface area contributed by atoms with E-state index in [1.54, 1.807) is 6.92 Å². The minimum Gasteiger partial charge on any atom is -0.468 e. The average molecular weight is 265 g/mol. The van der Waals surface area contributed by atoms with Crippen LogP contribution in [-0.2, 0) is 25.5 Å². The number of ether oxygens (including phenoxy) is 2. The Morgan fingerprint density at radius 2 is 1.68 bits per heavy atom. The van der Waals surface area contributed by atoms with Crippen LogP contribution in [0, 0.1) is 0 Å². The molecule has 5 nitrogen and oxygen atoms in total. The largest absolute Gasteiger partial charge is 0.468 e. The van der Waals surface area contributed by atoms with Crippen LogP contribution in [0.15, 0.2) is 30.3 Å². The molecule has 0 aromatic heterocycles. The van der Waals surface area contributed by atoms with Crippen molar-refractivity contribution in [3.05, 3.63) is 35.9 Å². The summed E-state index contributed by atoms with van der Waals surface area (Å²) >= 11 is 0. The van der Waals surface area contributed by atoms with Gasteiger partial charge in [0.15, 0.2) is 0 Å². The first-order chi connectivity index (χ1) is 9.08. The lowest BCUT2D eigenvalue weighted by Gasteiger charge is -2.20. The number of benzene rings is 1. The van der Waals surface area contributed by atoms with Gasteiger partial charge in [0.25, 0.3) is 0 Å². The fourth-order valence-electron chi connectivity index (χ4n) is 1.75. The van der Waals surface area contributed by atoms with Gasteiger partial charge in [0.05, 0.1) is 14.2 Å². The monoisotopic (exact) mass is 265 g/mol. The number of carbonyl (C=O) groups excluding carboxylic acids is 2. The number of esters is 2. The van der Waals surface area contributed by atoms with Gasteiger partial charge in [-0.1, -0.05) is 30.3 Å². The van der Waals surface area contributed by atoms with Gasteiger partial charge >= 0.3 is 11.9 Å². The molecule has 1 aromatic carbocycles. The highest BCUT2D eigenvalue weighted by molar-refractivity contribution is 5.79. The summed E-state index contributed by atoms with van der Waals surface area (Å²) in [5.41, 5.74) is 0.988. The first kappa shape index (κ1) is 15.2. The van der Waals surface area contributed by atoms with E-state index in [1.807, 2.05) is 30.3 Å². The minimum atomic E-state index is -0.582. The molecule has 0 spiro atoms. The Balaban J connectivity index is 2.73. The molecule has 5 heteroatoms. The molecule has 19 heavy (non-hydrogen) atoms. The molecule has 0 aliphatic heterocycles. The molecule has 1 rings (SSSR count). The van der Waals surface area contributed by atoms with Gasteiger partial charge in [-0.25, -0.2) is 0 Å². The molecule has 0 unspecified atom stereocenters.